The normalized spacial score (nSPS) is 11.6. The Morgan fingerprint density at radius 2 is 2.10 bits per heavy atom. The van der Waals surface area contributed by atoms with E-state index in [1.807, 2.05) is 0 Å². The molecule has 21 heavy (non-hydrogen) atoms. The lowest BCUT2D eigenvalue weighted by Gasteiger charge is -2.08. The molecule has 2 rings (SSSR count). The smallest absolute Gasteiger partial charge is 0.265 e. The van der Waals surface area contributed by atoms with Gasteiger partial charge in [0.25, 0.3) is 10.0 Å². The third-order valence-corrected chi connectivity index (χ3v) is 5.11. The Labute approximate surface area is 139 Å². The molecule has 0 unspecified atom stereocenters. The number of anilines is 1. The van der Waals surface area contributed by atoms with E-state index in [0.29, 0.717) is 23.1 Å². The van der Waals surface area contributed by atoms with E-state index >= 15 is 0 Å². The molecule has 0 atom stereocenters. The largest absolute Gasteiger partial charge is 0.396 e. The molecule has 0 aliphatic carbocycles. The number of nitrogens with zero attached hydrogens (tertiary/aromatic N) is 2. The second kappa shape index (κ2) is 6.91. The summed E-state index contributed by atoms with van der Waals surface area (Å²) >= 11 is 6.61. The molecule has 2 N–H and O–H groups in total. The van der Waals surface area contributed by atoms with Gasteiger partial charge in [-0.3, -0.25) is 9.40 Å². The highest BCUT2D eigenvalue weighted by atomic mass is 79.9. The van der Waals surface area contributed by atoms with Crippen molar-refractivity contribution in [2.75, 3.05) is 11.3 Å². The lowest BCUT2D eigenvalue weighted by molar-refractivity contribution is 0.277. The molecule has 0 aliphatic heterocycles. The van der Waals surface area contributed by atoms with E-state index in [1.165, 1.54) is 17.1 Å². The fourth-order valence-corrected chi connectivity index (χ4v) is 3.92. The number of nitrogens with one attached hydrogen (secondary N) is 1. The SMILES string of the molecule is O=S(=O)(Nc1ccc(Br)cc1Br)c1cnn(CCCO)c1. The van der Waals surface area contributed by atoms with Crippen molar-refractivity contribution in [3.8, 4) is 0 Å². The van der Waals surface area contributed by atoms with Crippen LogP contribution in [0.2, 0.25) is 0 Å². The molecular weight excluding hydrogens is 426 g/mol. The van der Waals surface area contributed by atoms with Crippen LogP contribution in [-0.2, 0) is 16.6 Å². The van der Waals surface area contributed by atoms with Gasteiger partial charge in [-0.25, -0.2) is 8.42 Å². The van der Waals surface area contributed by atoms with Crippen LogP contribution in [0.4, 0.5) is 5.69 Å². The van der Waals surface area contributed by atoms with Crippen LogP contribution in [0.15, 0.2) is 44.4 Å². The second-order valence-corrected chi connectivity index (χ2v) is 7.70. The zero-order chi connectivity index (χ0) is 15.5. The second-order valence-electron chi connectivity index (χ2n) is 4.25. The van der Waals surface area contributed by atoms with Gasteiger partial charge in [0, 0.05) is 28.3 Å². The van der Waals surface area contributed by atoms with Gasteiger partial charge in [-0.05, 0) is 40.5 Å². The van der Waals surface area contributed by atoms with Gasteiger partial charge in [-0.1, -0.05) is 15.9 Å². The number of aliphatic hydroxyl groups excluding tert-OH is 1. The summed E-state index contributed by atoms with van der Waals surface area (Å²) in [5.74, 6) is 0. The first-order valence-electron chi connectivity index (χ1n) is 6.03. The van der Waals surface area contributed by atoms with Gasteiger partial charge < -0.3 is 5.11 Å². The van der Waals surface area contributed by atoms with Crippen LogP contribution in [0.25, 0.3) is 0 Å². The average molecular weight is 439 g/mol. The topological polar surface area (TPSA) is 84.2 Å². The van der Waals surface area contributed by atoms with Gasteiger partial charge in [0.2, 0.25) is 0 Å². The average Bonchev–Trinajstić information content (AvgIpc) is 2.89. The van der Waals surface area contributed by atoms with Crippen LogP contribution in [0.3, 0.4) is 0 Å². The summed E-state index contributed by atoms with van der Waals surface area (Å²) in [5.41, 5.74) is 0.446. The van der Waals surface area contributed by atoms with Crippen molar-refractivity contribution in [3.63, 3.8) is 0 Å². The summed E-state index contributed by atoms with van der Waals surface area (Å²) < 4.78 is 30.0. The van der Waals surface area contributed by atoms with E-state index in [1.54, 1.807) is 18.2 Å². The Morgan fingerprint density at radius 1 is 1.33 bits per heavy atom. The Hall–Kier alpha value is -0.900. The summed E-state index contributed by atoms with van der Waals surface area (Å²) in [4.78, 5) is 0.0789. The number of hydrogen-bond acceptors (Lipinski definition) is 4. The van der Waals surface area contributed by atoms with Crippen LogP contribution in [0, 0.1) is 0 Å². The molecule has 2 aromatic rings. The highest BCUT2D eigenvalue weighted by Crippen LogP contribution is 2.28. The Bertz CT molecular complexity index is 731. The maximum atomic E-state index is 12.3. The van der Waals surface area contributed by atoms with E-state index in [0.717, 1.165) is 4.47 Å². The molecule has 1 heterocycles. The van der Waals surface area contributed by atoms with E-state index < -0.39 is 10.0 Å². The van der Waals surface area contributed by atoms with Crippen LogP contribution < -0.4 is 4.72 Å². The molecule has 0 fully saturated rings. The van der Waals surface area contributed by atoms with Crippen LogP contribution in [0.1, 0.15) is 6.42 Å². The number of sulfonamides is 1. The van der Waals surface area contributed by atoms with Crippen molar-refractivity contribution in [3.05, 3.63) is 39.5 Å². The molecule has 0 bridgehead atoms. The number of benzene rings is 1. The van der Waals surface area contributed by atoms with Crippen LogP contribution >= 0.6 is 31.9 Å². The van der Waals surface area contributed by atoms with Crippen LogP contribution in [0.5, 0.6) is 0 Å². The molecule has 0 saturated heterocycles. The summed E-state index contributed by atoms with van der Waals surface area (Å²) in [6.45, 7) is 0.500. The number of aliphatic hydroxyl groups is 1. The van der Waals surface area contributed by atoms with Crippen LogP contribution in [-0.4, -0.2) is 29.9 Å². The Balaban J connectivity index is 2.19. The fourth-order valence-electron chi connectivity index (χ4n) is 1.61. The summed E-state index contributed by atoms with van der Waals surface area (Å²) in [6, 6.07) is 5.15. The summed E-state index contributed by atoms with van der Waals surface area (Å²) in [7, 11) is -3.69. The number of hydrogen-bond donors (Lipinski definition) is 2. The predicted octanol–water partition coefficient (Wildman–Crippen LogP) is 2.59. The van der Waals surface area contributed by atoms with Crippen molar-refractivity contribution < 1.29 is 13.5 Å². The maximum Gasteiger partial charge on any atom is 0.265 e. The minimum Gasteiger partial charge on any atom is -0.396 e. The van der Waals surface area contributed by atoms with E-state index in [4.69, 9.17) is 5.11 Å². The predicted molar refractivity (Wildman–Crippen MR) is 86.6 cm³/mol. The third-order valence-electron chi connectivity index (χ3n) is 2.64. The Morgan fingerprint density at radius 3 is 2.76 bits per heavy atom. The van der Waals surface area contributed by atoms with Crippen molar-refractivity contribution in [2.45, 2.75) is 17.9 Å². The molecule has 0 spiro atoms. The minimum atomic E-state index is -3.69. The number of rotatable bonds is 6. The van der Waals surface area contributed by atoms with Crippen molar-refractivity contribution in [1.82, 2.24) is 9.78 Å². The molecule has 114 valence electrons. The molecule has 6 nitrogen and oxygen atoms in total. The van der Waals surface area contributed by atoms with Crippen molar-refractivity contribution in [2.24, 2.45) is 0 Å². The highest BCUT2D eigenvalue weighted by molar-refractivity contribution is 9.11. The summed E-state index contributed by atoms with van der Waals surface area (Å²) in [6.07, 6.45) is 3.24. The molecular formula is C12H13Br2N3O3S. The van der Waals surface area contributed by atoms with Gasteiger partial charge in [-0.15, -0.1) is 0 Å². The number of aryl methyl sites for hydroxylation is 1. The van der Waals surface area contributed by atoms with Crippen molar-refractivity contribution in [1.29, 1.82) is 0 Å². The van der Waals surface area contributed by atoms with Gasteiger partial charge >= 0.3 is 0 Å². The number of halogens is 2. The third kappa shape index (κ3) is 4.29. The monoisotopic (exact) mass is 437 g/mol. The standard InChI is InChI=1S/C12H13Br2N3O3S/c13-9-2-3-12(11(14)6-9)16-21(19,20)10-7-15-17(8-10)4-1-5-18/h2-3,6-8,16,18H,1,4-5H2. The molecule has 0 aliphatic rings. The first kappa shape index (κ1) is 16.5. The quantitative estimate of drug-likeness (QED) is 0.725. The molecule has 9 heteroatoms. The first-order chi connectivity index (χ1) is 9.92. The fraction of sp³-hybridized carbons (Fsp3) is 0.250. The number of aromatic nitrogens is 2. The van der Waals surface area contributed by atoms with Crippen molar-refractivity contribution >= 4 is 47.6 Å². The van der Waals surface area contributed by atoms with Gasteiger partial charge in [-0.2, -0.15) is 5.10 Å². The van der Waals surface area contributed by atoms with Gasteiger partial charge in [0.1, 0.15) is 4.90 Å². The molecule has 0 amide bonds. The molecule has 1 aromatic carbocycles. The minimum absolute atomic E-state index is 0.0338. The maximum absolute atomic E-state index is 12.3. The van der Waals surface area contributed by atoms with E-state index in [9.17, 15) is 8.42 Å². The van der Waals surface area contributed by atoms with E-state index in [2.05, 4.69) is 41.7 Å². The van der Waals surface area contributed by atoms with E-state index in [-0.39, 0.29) is 11.5 Å². The Kier molecular flexibility index (Phi) is 5.42. The molecule has 1 aromatic heterocycles. The first-order valence-corrected chi connectivity index (χ1v) is 9.10. The van der Waals surface area contributed by atoms with Gasteiger partial charge in [0.15, 0.2) is 0 Å². The lowest BCUT2D eigenvalue weighted by Crippen LogP contribution is -2.12. The summed E-state index contributed by atoms with van der Waals surface area (Å²) in [5, 5.41) is 12.7. The zero-order valence-electron chi connectivity index (χ0n) is 10.8. The van der Waals surface area contributed by atoms with Gasteiger partial charge in [0.05, 0.1) is 11.9 Å². The zero-order valence-corrected chi connectivity index (χ0v) is 14.8. The highest BCUT2D eigenvalue weighted by Gasteiger charge is 2.18. The molecule has 0 radical (unpaired) electrons. The molecule has 0 saturated carbocycles. The lowest BCUT2D eigenvalue weighted by atomic mass is 10.3.